The summed E-state index contributed by atoms with van der Waals surface area (Å²) in [7, 11) is 2.02. The summed E-state index contributed by atoms with van der Waals surface area (Å²) < 4.78 is 0. The maximum absolute atomic E-state index is 12.2. The Morgan fingerprint density at radius 2 is 1.89 bits per heavy atom. The highest BCUT2D eigenvalue weighted by molar-refractivity contribution is 5.80. The van der Waals surface area contributed by atoms with Gasteiger partial charge in [-0.3, -0.25) is 19.9 Å². The topological polar surface area (TPSA) is 78.7 Å². The largest absolute Gasteiger partial charge is 0.342 e. The van der Waals surface area contributed by atoms with Gasteiger partial charge in [0.15, 0.2) is 0 Å². The van der Waals surface area contributed by atoms with Crippen LogP contribution in [-0.2, 0) is 9.59 Å². The van der Waals surface area contributed by atoms with Crippen LogP contribution in [0.2, 0.25) is 0 Å². The molecule has 19 heavy (non-hydrogen) atoms. The highest BCUT2D eigenvalue weighted by atomic mass is 16.2. The van der Waals surface area contributed by atoms with Gasteiger partial charge in [0.05, 0.1) is 6.54 Å². The van der Waals surface area contributed by atoms with E-state index in [-0.39, 0.29) is 17.7 Å². The van der Waals surface area contributed by atoms with E-state index in [2.05, 4.69) is 10.3 Å². The minimum Gasteiger partial charge on any atom is -0.342 e. The third-order valence-corrected chi connectivity index (χ3v) is 4.44. The number of nitrogens with one attached hydrogen (secondary N) is 1. The third-order valence-electron chi connectivity index (χ3n) is 4.44. The number of hydrazine groups is 1. The molecule has 1 heterocycles. The van der Waals surface area contributed by atoms with Gasteiger partial charge in [-0.15, -0.1) is 0 Å². The number of likely N-dealkylation sites (N-methyl/N-ethyl adjacent to an activating group) is 1. The second kappa shape index (κ2) is 6.34. The van der Waals surface area contributed by atoms with Gasteiger partial charge in [-0.1, -0.05) is 6.42 Å². The van der Waals surface area contributed by atoms with Gasteiger partial charge in [0.2, 0.25) is 11.8 Å². The van der Waals surface area contributed by atoms with Gasteiger partial charge in [0.25, 0.3) is 0 Å². The molecule has 1 saturated heterocycles. The van der Waals surface area contributed by atoms with Gasteiger partial charge in [0.1, 0.15) is 0 Å². The Hall–Kier alpha value is -1.14. The van der Waals surface area contributed by atoms with Crippen molar-refractivity contribution in [2.75, 3.05) is 26.7 Å². The number of piperidine rings is 1. The Balaban J connectivity index is 1.74. The highest BCUT2D eigenvalue weighted by Gasteiger charge is 2.29. The monoisotopic (exact) mass is 268 g/mol. The number of carbonyl (C=O) groups is 2. The molecule has 0 radical (unpaired) electrons. The number of likely N-dealkylation sites (tertiary alicyclic amines) is 1. The van der Waals surface area contributed by atoms with Gasteiger partial charge < -0.3 is 4.90 Å². The molecule has 0 aromatic rings. The van der Waals surface area contributed by atoms with Crippen molar-refractivity contribution in [1.82, 2.24) is 15.2 Å². The maximum Gasteiger partial charge on any atom is 0.237 e. The molecule has 6 heteroatoms. The summed E-state index contributed by atoms with van der Waals surface area (Å²) in [4.78, 5) is 27.6. The Labute approximate surface area is 114 Å². The van der Waals surface area contributed by atoms with Crippen LogP contribution in [0, 0.1) is 5.92 Å². The quantitative estimate of drug-likeness (QED) is 0.417. The van der Waals surface area contributed by atoms with E-state index in [4.69, 9.17) is 5.84 Å². The molecule has 2 aliphatic rings. The summed E-state index contributed by atoms with van der Waals surface area (Å²) in [5, 5.41) is 0. The van der Waals surface area contributed by atoms with Gasteiger partial charge in [-0.2, -0.15) is 0 Å². The molecule has 6 nitrogen and oxygen atoms in total. The Morgan fingerprint density at radius 3 is 2.37 bits per heavy atom. The van der Waals surface area contributed by atoms with Gasteiger partial charge >= 0.3 is 0 Å². The van der Waals surface area contributed by atoms with Crippen LogP contribution >= 0.6 is 0 Å². The number of carbonyl (C=O) groups excluding carboxylic acids is 2. The summed E-state index contributed by atoms with van der Waals surface area (Å²) in [6.45, 7) is 1.82. The van der Waals surface area contributed by atoms with Crippen LogP contribution in [0.5, 0.6) is 0 Å². The first-order valence-corrected chi connectivity index (χ1v) is 7.10. The molecular weight excluding hydrogens is 244 g/mol. The summed E-state index contributed by atoms with van der Waals surface area (Å²) in [6, 6.07) is 0.588. The second-order valence-corrected chi connectivity index (χ2v) is 5.66. The zero-order chi connectivity index (χ0) is 13.8. The molecule has 2 fully saturated rings. The van der Waals surface area contributed by atoms with E-state index in [9.17, 15) is 9.59 Å². The van der Waals surface area contributed by atoms with E-state index < -0.39 is 0 Å². The van der Waals surface area contributed by atoms with E-state index in [1.165, 1.54) is 19.3 Å². The van der Waals surface area contributed by atoms with Crippen molar-refractivity contribution < 1.29 is 9.59 Å². The summed E-state index contributed by atoms with van der Waals surface area (Å²) >= 11 is 0. The molecule has 1 aliphatic heterocycles. The van der Waals surface area contributed by atoms with Crippen LogP contribution in [0.4, 0.5) is 0 Å². The molecular formula is C13H24N4O2. The number of hydrogen-bond donors (Lipinski definition) is 2. The van der Waals surface area contributed by atoms with Crippen molar-refractivity contribution >= 4 is 11.8 Å². The van der Waals surface area contributed by atoms with Crippen LogP contribution in [0.1, 0.15) is 32.1 Å². The number of amides is 2. The molecule has 0 aromatic heterocycles. The normalized spacial score (nSPS) is 21.3. The van der Waals surface area contributed by atoms with Crippen molar-refractivity contribution in [2.24, 2.45) is 11.8 Å². The highest BCUT2D eigenvalue weighted by Crippen LogP contribution is 2.24. The Morgan fingerprint density at radius 1 is 1.26 bits per heavy atom. The van der Waals surface area contributed by atoms with E-state index in [0.29, 0.717) is 38.5 Å². The molecule has 1 saturated carbocycles. The third kappa shape index (κ3) is 3.45. The number of hydrogen-bond acceptors (Lipinski definition) is 4. The predicted molar refractivity (Wildman–Crippen MR) is 71.9 cm³/mol. The minimum atomic E-state index is -0.112. The molecule has 2 amide bonds. The lowest BCUT2D eigenvalue weighted by Crippen LogP contribution is -2.49. The fourth-order valence-electron chi connectivity index (χ4n) is 2.78. The van der Waals surface area contributed by atoms with Crippen molar-refractivity contribution in [2.45, 2.75) is 38.1 Å². The first kappa shape index (κ1) is 14.3. The SMILES string of the molecule is CN(CC(=O)N1CCC(C(=O)NN)CC1)C1CCC1. The van der Waals surface area contributed by atoms with Gasteiger partial charge in [0, 0.05) is 25.0 Å². The smallest absolute Gasteiger partial charge is 0.237 e. The van der Waals surface area contributed by atoms with Crippen molar-refractivity contribution in [1.29, 1.82) is 0 Å². The molecule has 0 atom stereocenters. The van der Waals surface area contributed by atoms with E-state index in [1.54, 1.807) is 0 Å². The molecule has 1 aliphatic carbocycles. The lowest BCUT2D eigenvalue weighted by Gasteiger charge is -2.37. The fraction of sp³-hybridized carbons (Fsp3) is 0.846. The maximum atomic E-state index is 12.2. The van der Waals surface area contributed by atoms with Crippen molar-refractivity contribution in [3.63, 3.8) is 0 Å². The Bertz CT molecular complexity index is 336. The second-order valence-electron chi connectivity index (χ2n) is 5.66. The molecule has 108 valence electrons. The summed E-state index contributed by atoms with van der Waals surface area (Å²) in [6.07, 6.45) is 5.12. The van der Waals surface area contributed by atoms with Crippen LogP contribution in [0.15, 0.2) is 0 Å². The van der Waals surface area contributed by atoms with E-state index in [0.717, 1.165) is 0 Å². The zero-order valence-electron chi connectivity index (χ0n) is 11.6. The lowest BCUT2D eigenvalue weighted by atomic mass is 9.92. The first-order chi connectivity index (χ1) is 9.11. The first-order valence-electron chi connectivity index (χ1n) is 7.10. The summed E-state index contributed by atoms with van der Waals surface area (Å²) in [5.41, 5.74) is 2.19. The lowest BCUT2D eigenvalue weighted by molar-refractivity contribution is -0.137. The molecule has 2 rings (SSSR count). The van der Waals surface area contributed by atoms with E-state index >= 15 is 0 Å². The Kier molecular flexibility index (Phi) is 4.76. The predicted octanol–water partition coefficient (Wildman–Crippen LogP) is -0.301. The van der Waals surface area contributed by atoms with Crippen LogP contribution in [0.25, 0.3) is 0 Å². The zero-order valence-corrected chi connectivity index (χ0v) is 11.6. The van der Waals surface area contributed by atoms with Gasteiger partial charge in [-0.25, -0.2) is 5.84 Å². The summed E-state index contributed by atoms with van der Waals surface area (Å²) in [5.74, 6) is 5.16. The average Bonchev–Trinajstić information content (AvgIpc) is 2.35. The fourth-order valence-corrected chi connectivity index (χ4v) is 2.78. The number of nitrogens with two attached hydrogens (primary N) is 1. The van der Waals surface area contributed by atoms with Crippen LogP contribution < -0.4 is 11.3 Å². The molecule has 3 N–H and O–H groups in total. The standard InChI is InChI=1S/C13H24N4O2/c1-16(11-3-2-4-11)9-12(18)17-7-5-10(6-8-17)13(19)15-14/h10-11H,2-9,14H2,1H3,(H,15,19). The number of nitrogens with zero attached hydrogens (tertiary/aromatic N) is 2. The molecule has 0 aromatic carbocycles. The van der Waals surface area contributed by atoms with Crippen molar-refractivity contribution in [3.8, 4) is 0 Å². The van der Waals surface area contributed by atoms with Crippen LogP contribution in [0.3, 0.4) is 0 Å². The van der Waals surface area contributed by atoms with Crippen LogP contribution in [-0.4, -0.2) is 54.3 Å². The van der Waals surface area contributed by atoms with Gasteiger partial charge in [-0.05, 0) is 32.7 Å². The molecule has 0 spiro atoms. The van der Waals surface area contributed by atoms with E-state index in [1.807, 2.05) is 11.9 Å². The van der Waals surface area contributed by atoms with Crippen molar-refractivity contribution in [3.05, 3.63) is 0 Å². The molecule has 0 bridgehead atoms. The molecule has 0 unspecified atom stereocenters. The minimum absolute atomic E-state index is 0.0431. The average molecular weight is 268 g/mol. The number of rotatable bonds is 4.